The van der Waals surface area contributed by atoms with E-state index >= 15 is 0 Å². The Morgan fingerprint density at radius 2 is 1.24 bits per heavy atom. The van der Waals surface area contributed by atoms with E-state index in [1.54, 1.807) is 0 Å². The first-order valence-electron chi connectivity index (χ1n) is 16.0. The number of carboxylic acids is 2. The van der Waals surface area contributed by atoms with Gasteiger partial charge in [0.15, 0.2) is 0 Å². The van der Waals surface area contributed by atoms with Crippen LogP contribution in [0.3, 0.4) is 0 Å². The second-order valence-corrected chi connectivity index (χ2v) is 13.8. The number of nitrogens with zero attached hydrogens (tertiary/aromatic N) is 1. The molecule has 1 heterocycles. The van der Waals surface area contributed by atoms with Gasteiger partial charge in [-0.15, -0.1) is 0 Å². The zero-order valence-corrected chi connectivity index (χ0v) is 27.2. The van der Waals surface area contributed by atoms with Crippen LogP contribution in [0.1, 0.15) is 109 Å². The van der Waals surface area contributed by atoms with Gasteiger partial charge in [-0.25, -0.2) is 0 Å². The van der Waals surface area contributed by atoms with Crippen molar-refractivity contribution < 1.29 is 50.5 Å². The molecule has 42 heavy (non-hydrogen) atoms. The molecule has 5 saturated carbocycles. The molecular formula is C31H50N4O6Pt. The molecule has 240 valence electrons. The van der Waals surface area contributed by atoms with Crippen LogP contribution >= 0.6 is 0 Å². The van der Waals surface area contributed by atoms with E-state index in [1.165, 1.54) is 37.0 Å². The molecule has 0 aromatic rings. The molecule has 1 saturated heterocycles. The van der Waals surface area contributed by atoms with Crippen molar-refractivity contribution in [2.45, 2.75) is 121 Å². The maximum atomic E-state index is 12.9. The van der Waals surface area contributed by atoms with Crippen LogP contribution in [0.2, 0.25) is 0 Å². The smallest absolute Gasteiger partial charge is 0.549 e. The molecule has 2 amide bonds. The third kappa shape index (κ3) is 8.35. The molecule has 6 fully saturated rings. The van der Waals surface area contributed by atoms with Crippen LogP contribution in [0.4, 0.5) is 0 Å². The monoisotopic (exact) mass is 769 g/mol. The van der Waals surface area contributed by atoms with Gasteiger partial charge in [0.2, 0.25) is 11.8 Å². The number of likely N-dealkylation sites (tertiary alicyclic amines) is 1. The Hall–Kier alpha value is -1.51. The average molecular weight is 770 g/mol. The Morgan fingerprint density at radius 3 is 1.69 bits per heavy atom. The minimum Gasteiger partial charge on any atom is -0.549 e. The van der Waals surface area contributed by atoms with Gasteiger partial charge in [-0.3, -0.25) is 9.59 Å². The maximum absolute atomic E-state index is 12.9. The first-order valence-corrected chi connectivity index (χ1v) is 16.0. The Bertz CT molecular complexity index is 892. The first-order chi connectivity index (χ1) is 19.5. The van der Waals surface area contributed by atoms with Crippen molar-refractivity contribution in [1.29, 1.82) is 0 Å². The zero-order valence-electron chi connectivity index (χ0n) is 24.9. The van der Waals surface area contributed by atoms with Crippen LogP contribution in [-0.2, 0) is 40.2 Å². The number of amides is 2. The molecule has 2 atom stereocenters. The van der Waals surface area contributed by atoms with Crippen LogP contribution in [0.25, 0.3) is 0 Å². The van der Waals surface area contributed by atoms with Crippen molar-refractivity contribution in [3.8, 4) is 0 Å². The fraction of sp³-hybridized carbons (Fsp3) is 0.871. The van der Waals surface area contributed by atoms with Gasteiger partial charge in [0.25, 0.3) is 0 Å². The molecule has 1 aliphatic heterocycles. The third-order valence-corrected chi connectivity index (χ3v) is 10.7. The molecule has 6 rings (SSSR count). The van der Waals surface area contributed by atoms with Crippen LogP contribution in [0.5, 0.6) is 0 Å². The Balaban J connectivity index is 0.000000466. The number of rotatable bonds is 10. The number of carbonyl (C=O) groups excluding carboxylic acids is 4. The van der Waals surface area contributed by atoms with Gasteiger partial charge in [-0.1, -0.05) is 25.7 Å². The number of carboxylic acid groups (broad SMARTS) is 2. The number of nitrogens with one attached hydrogen (secondary N) is 1. The third-order valence-electron chi connectivity index (χ3n) is 10.7. The largest absolute Gasteiger partial charge is 2.00 e. The summed E-state index contributed by atoms with van der Waals surface area (Å²) in [6.07, 6.45) is 15.5. The number of hydrogen-bond donors (Lipinski definition) is 3. The molecule has 0 aromatic carbocycles. The molecule has 5 N–H and O–H groups in total. The predicted octanol–water partition coefficient (Wildman–Crippen LogP) is 0.591. The Labute approximate surface area is 264 Å². The minimum atomic E-state index is -1.99. The summed E-state index contributed by atoms with van der Waals surface area (Å²) in [5.41, 5.74) is 9.22. The van der Waals surface area contributed by atoms with Crippen molar-refractivity contribution in [3.63, 3.8) is 0 Å². The summed E-state index contributed by atoms with van der Waals surface area (Å²) >= 11 is 0. The topological polar surface area (TPSA) is 182 Å². The van der Waals surface area contributed by atoms with Crippen molar-refractivity contribution in [3.05, 3.63) is 0 Å². The van der Waals surface area contributed by atoms with Crippen LogP contribution in [0, 0.1) is 28.6 Å². The predicted molar refractivity (Wildman–Crippen MR) is 149 cm³/mol. The summed E-state index contributed by atoms with van der Waals surface area (Å²) in [6.45, 7) is 0.878. The van der Waals surface area contributed by atoms with Crippen LogP contribution < -0.4 is 27.0 Å². The molecule has 4 bridgehead atoms. The van der Waals surface area contributed by atoms with E-state index in [1.807, 2.05) is 0 Å². The van der Waals surface area contributed by atoms with Gasteiger partial charge in [0.05, 0.1) is 17.4 Å². The SMILES string of the molecule is N[C@@H]1CCCC[C@H]1N.O=C(CCCCCCNC(=O)C12CC3CC(CC(C3)C1)C2)N1CCC(C(=O)[O-])(C(=O)[O-])CC1.[Pt+2]. The van der Waals surface area contributed by atoms with Crippen molar-refractivity contribution >= 4 is 23.8 Å². The molecule has 5 aliphatic carbocycles. The van der Waals surface area contributed by atoms with Crippen molar-refractivity contribution in [1.82, 2.24) is 10.2 Å². The number of nitrogens with two attached hydrogens (primary N) is 2. The van der Waals surface area contributed by atoms with E-state index in [0.29, 0.717) is 13.0 Å². The molecule has 0 aromatic heterocycles. The summed E-state index contributed by atoms with van der Waals surface area (Å²) < 4.78 is 0. The van der Waals surface area contributed by atoms with Gasteiger partial charge in [-0.05, 0) is 94.8 Å². The van der Waals surface area contributed by atoms with Gasteiger partial charge in [0, 0.05) is 43.6 Å². The van der Waals surface area contributed by atoms with E-state index in [4.69, 9.17) is 11.5 Å². The van der Waals surface area contributed by atoms with E-state index in [0.717, 1.165) is 75.5 Å². The number of carbonyl (C=O) groups is 4. The van der Waals surface area contributed by atoms with E-state index in [2.05, 4.69) is 5.32 Å². The number of aliphatic carboxylic acids is 2. The fourth-order valence-electron chi connectivity index (χ4n) is 8.51. The van der Waals surface area contributed by atoms with Gasteiger partial charge in [0.1, 0.15) is 0 Å². The van der Waals surface area contributed by atoms with E-state index < -0.39 is 17.4 Å². The van der Waals surface area contributed by atoms with Gasteiger partial charge < -0.3 is 41.5 Å². The maximum Gasteiger partial charge on any atom is 2.00 e. The number of piperidine rings is 1. The fourth-order valence-corrected chi connectivity index (χ4v) is 8.51. The molecule has 0 spiro atoms. The number of unbranched alkanes of at least 4 members (excludes halogenated alkanes) is 3. The average Bonchev–Trinajstić information content (AvgIpc) is 2.93. The van der Waals surface area contributed by atoms with Crippen molar-refractivity contribution in [2.75, 3.05) is 19.6 Å². The molecule has 0 radical (unpaired) electrons. The van der Waals surface area contributed by atoms with Gasteiger partial charge >= 0.3 is 21.1 Å². The normalized spacial score (nSPS) is 32.6. The minimum absolute atomic E-state index is 0. The molecule has 0 unspecified atom stereocenters. The second kappa shape index (κ2) is 15.5. The first kappa shape index (κ1) is 35.0. The molecule has 10 nitrogen and oxygen atoms in total. The summed E-state index contributed by atoms with van der Waals surface area (Å²) in [5, 5.41) is 25.7. The second-order valence-electron chi connectivity index (χ2n) is 13.8. The quantitative estimate of drug-likeness (QED) is 0.213. The van der Waals surface area contributed by atoms with Gasteiger partial charge in [-0.2, -0.15) is 0 Å². The van der Waals surface area contributed by atoms with Crippen molar-refractivity contribution in [2.24, 2.45) is 40.1 Å². The van der Waals surface area contributed by atoms with E-state index in [-0.39, 0.29) is 76.3 Å². The molecular weight excluding hydrogens is 719 g/mol. The molecule has 6 aliphatic rings. The Kier molecular flexibility index (Phi) is 12.9. The number of hydrogen-bond acceptors (Lipinski definition) is 8. The standard InChI is InChI=1S/C25H38N2O6.C6H14N2.Pt/c28-20(27-9-6-25(7-10-27,22(30)31)23(32)33)5-3-1-2-4-8-26-21(29)24-14-17-11-18(15-24)13-19(12-17)16-24;7-5-3-1-2-4-6(5)8;/h17-19H,1-16H2,(H,26,29)(H,30,31)(H,32,33);5-6H,1-4,7-8H2;/q;;+2/p-2/t;5-,6-;/m.1./s1. The summed E-state index contributed by atoms with van der Waals surface area (Å²) in [7, 11) is 0. The van der Waals surface area contributed by atoms with E-state index in [9.17, 15) is 29.4 Å². The Morgan fingerprint density at radius 1 is 0.762 bits per heavy atom. The summed E-state index contributed by atoms with van der Waals surface area (Å²) in [5.74, 6) is -0.788. The summed E-state index contributed by atoms with van der Waals surface area (Å²) in [4.78, 5) is 49.3. The van der Waals surface area contributed by atoms with Crippen LogP contribution in [0.15, 0.2) is 0 Å². The van der Waals surface area contributed by atoms with Crippen LogP contribution in [-0.4, -0.2) is 60.4 Å². The zero-order chi connectivity index (χ0) is 29.6. The molecule has 11 heteroatoms. The summed E-state index contributed by atoms with van der Waals surface area (Å²) in [6, 6.07) is 0.562.